The van der Waals surface area contributed by atoms with E-state index in [0.717, 1.165) is 43.6 Å². The molecule has 0 amide bonds. The molecule has 28 heavy (non-hydrogen) atoms. The first-order chi connectivity index (χ1) is 13.3. The fourth-order valence-electron chi connectivity index (χ4n) is 4.18. The second-order valence-corrected chi connectivity index (χ2v) is 9.08. The average Bonchev–Trinajstić information content (AvgIpc) is 3.00. The van der Waals surface area contributed by atoms with Crippen LogP contribution in [0.4, 0.5) is 4.39 Å². The molecule has 2 aromatic rings. The highest BCUT2D eigenvalue weighted by molar-refractivity contribution is 5.36. The third kappa shape index (κ3) is 4.29. The largest absolute Gasteiger partial charge is 0.371 e. The van der Waals surface area contributed by atoms with Gasteiger partial charge in [-0.25, -0.2) is 4.39 Å². The highest BCUT2D eigenvalue weighted by Gasteiger charge is 2.42. The zero-order chi connectivity index (χ0) is 19.8. The van der Waals surface area contributed by atoms with Gasteiger partial charge < -0.3 is 9.47 Å². The second-order valence-electron chi connectivity index (χ2n) is 9.08. The summed E-state index contributed by atoms with van der Waals surface area (Å²) in [6.07, 6.45) is 1.84. The molecule has 4 heteroatoms. The first-order valence-corrected chi connectivity index (χ1v) is 10.2. The van der Waals surface area contributed by atoms with E-state index in [1.807, 2.05) is 6.07 Å². The summed E-state index contributed by atoms with van der Waals surface area (Å²) in [5.41, 5.74) is 4.32. The van der Waals surface area contributed by atoms with Crippen molar-refractivity contribution in [2.75, 3.05) is 13.1 Å². The fraction of sp³-hybridized carbons (Fsp3) is 0.500. The van der Waals surface area contributed by atoms with Gasteiger partial charge in [0.05, 0.1) is 24.4 Å². The topological polar surface area (TPSA) is 21.7 Å². The number of piperidine rings is 1. The summed E-state index contributed by atoms with van der Waals surface area (Å²) in [6, 6.07) is 13.8. The van der Waals surface area contributed by atoms with Crippen molar-refractivity contribution < 1.29 is 13.9 Å². The molecule has 150 valence electrons. The lowest BCUT2D eigenvalue weighted by molar-refractivity contribution is -0.0800. The molecule has 1 spiro atoms. The molecule has 2 aliphatic heterocycles. The van der Waals surface area contributed by atoms with Crippen LogP contribution in [0.5, 0.6) is 0 Å². The lowest BCUT2D eigenvalue weighted by Gasteiger charge is -2.39. The average molecular weight is 384 g/mol. The van der Waals surface area contributed by atoms with Crippen molar-refractivity contribution in [1.82, 2.24) is 4.90 Å². The SMILES string of the molecule is CC(C)(C)OCc1ccc(CN2CCC3(CC2)OCc2ccc(F)cc23)cc1. The van der Waals surface area contributed by atoms with Gasteiger partial charge in [0.15, 0.2) is 0 Å². The number of fused-ring (bicyclic) bond motifs is 2. The Bertz CT molecular complexity index is 817. The van der Waals surface area contributed by atoms with Gasteiger partial charge >= 0.3 is 0 Å². The minimum absolute atomic E-state index is 0.119. The standard InChI is InChI=1S/C24H30FNO2/c1-23(2,3)27-16-19-6-4-18(5-7-19)15-26-12-10-24(11-13-26)22-14-21(25)9-8-20(22)17-28-24/h4-9,14H,10-13,15-17H2,1-3H3. The Balaban J connectivity index is 1.34. The van der Waals surface area contributed by atoms with Gasteiger partial charge in [-0.2, -0.15) is 0 Å². The number of hydrogen-bond donors (Lipinski definition) is 0. The van der Waals surface area contributed by atoms with Crippen LogP contribution in [0.1, 0.15) is 55.9 Å². The van der Waals surface area contributed by atoms with Gasteiger partial charge in [0, 0.05) is 19.6 Å². The summed E-state index contributed by atoms with van der Waals surface area (Å²) in [6.45, 7) is 10.3. The third-order valence-corrected chi connectivity index (χ3v) is 5.83. The minimum Gasteiger partial charge on any atom is -0.371 e. The number of benzene rings is 2. The lowest BCUT2D eigenvalue weighted by Crippen LogP contribution is -2.42. The van der Waals surface area contributed by atoms with Crippen LogP contribution < -0.4 is 0 Å². The van der Waals surface area contributed by atoms with Crippen LogP contribution in [0.3, 0.4) is 0 Å². The molecule has 0 aromatic heterocycles. The number of likely N-dealkylation sites (tertiary alicyclic amines) is 1. The van der Waals surface area contributed by atoms with E-state index in [1.54, 1.807) is 6.07 Å². The number of halogens is 1. The Morgan fingerprint density at radius 2 is 1.71 bits per heavy atom. The predicted molar refractivity (Wildman–Crippen MR) is 108 cm³/mol. The summed E-state index contributed by atoms with van der Waals surface area (Å²) in [5, 5.41) is 0. The Labute approximate surface area is 167 Å². The Morgan fingerprint density at radius 1 is 1.04 bits per heavy atom. The van der Waals surface area contributed by atoms with Crippen LogP contribution in [0, 0.1) is 5.82 Å². The molecule has 3 nitrogen and oxygen atoms in total. The van der Waals surface area contributed by atoms with Crippen molar-refractivity contribution in [1.29, 1.82) is 0 Å². The fourth-order valence-corrected chi connectivity index (χ4v) is 4.18. The molecule has 2 heterocycles. The van der Waals surface area contributed by atoms with E-state index in [-0.39, 0.29) is 17.0 Å². The van der Waals surface area contributed by atoms with Gasteiger partial charge in [-0.05, 0) is 68.0 Å². The van der Waals surface area contributed by atoms with Crippen LogP contribution in [-0.2, 0) is 34.8 Å². The van der Waals surface area contributed by atoms with Crippen molar-refractivity contribution in [3.05, 3.63) is 70.5 Å². The number of rotatable bonds is 4. The van der Waals surface area contributed by atoms with Crippen molar-refractivity contribution in [3.8, 4) is 0 Å². The molecule has 0 bridgehead atoms. The Hall–Kier alpha value is -1.75. The van der Waals surface area contributed by atoms with Crippen LogP contribution >= 0.6 is 0 Å². The van der Waals surface area contributed by atoms with Crippen molar-refractivity contribution >= 4 is 0 Å². The zero-order valence-electron chi connectivity index (χ0n) is 17.1. The maximum absolute atomic E-state index is 13.7. The molecule has 1 saturated heterocycles. The normalized spacial score (nSPS) is 19.1. The van der Waals surface area contributed by atoms with Gasteiger partial charge in [0.25, 0.3) is 0 Å². The zero-order valence-corrected chi connectivity index (χ0v) is 17.1. The smallest absolute Gasteiger partial charge is 0.123 e. The summed E-state index contributed by atoms with van der Waals surface area (Å²) >= 11 is 0. The monoisotopic (exact) mass is 383 g/mol. The highest BCUT2D eigenvalue weighted by Crippen LogP contribution is 2.44. The molecule has 0 atom stereocenters. The summed E-state index contributed by atoms with van der Waals surface area (Å²) in [7, 11) is 0. The maximum Gasteiger partial charge on any atom is 0.123 e. The lowest BCUT2D eigenvalue weighted by atomic mass is 9.83. The number of ether oxygens (including phenoxy) is 2. The molecule has 2 aliphatic rings. The molecule has 4 rings (SSSR count). The van der Waals surface area contributed by atoms with Crippen LogP contribution in [0.2, 0.25) is 0 Å². The van der Waals surface area contributed by atoms with Gasteiger partial charge in [0.1, 0.15) is 5.82 Å². The Morgan fingerprint density at radius 3 is 2.39 bits per heavy atom. The second kappa shape index (κ2) is 7.58. The van der Waals surface area contributed by atoms with E-state index in [2.05, 4.69) is 49.9 Å². The highest BCUT2D eigenvalue weighted by atomic mass is 19.1. The first kappa shape index (κ1) is 19.6. The molecule has 0 saturated carbocycles. The van der Waals surface area contributed by atoms with E-state index in [0.29, 0.717) is 13.2 Å². The minimum atomic E-state index is -0.290. The van der Waals surface area contributed by atoms with E-state index in [1.165, 1.54) is 17.2 Å². The van der Waals surface area contributed by atoms with Gasteiger partial charge in [-0.1, -0.05) is 30.3 Å². The van der Waals surface area contributed by atoms with Crippen molar-refractivity contribution in [3.63, 3.8) is 0 Å². The molecular weight excluding hydrogens is 353 g/mol. The van der Waals surface area contributed by atoms with Crippen LogP contribution in [0.15, 0.2) is 42.5 Å². The molecule has 1 fully saturated rings. The third-order valence-electron chi connectivity index (χ3n) is 5.83. The van der Waals surface area contributed by atoms with E-state index >= 15 is 0 Å². The van der Waals surface area contributed by atoms with Gasteiger partial charge in [0.2, 0.25) is 0 Å². The van der Waals surface area contributed by atoms with Gasteiger partial charge in [-0.15, -0.1) is 0 Å². The van der Waals surface area contributed by atoms with Crippen molar-refractivity contribution in [2.24, 2.45) is 0 Å². The van der Waals surface area contributed by atoms with Crippen molar-refractivity contribution in [2.45, 2.75) is 64.6 Å². The van der Waals surface area contributed by atoms with Crippen LogP contribution in [-0.4, -0.2) is 23.6 Å². The molecule has 0 N–H and O–H groups in total. The molecule has 0 aliphatic carbocycles. The van der Waals surface area contributed by atoms with Crippen LogP contribution in [0.25, 0.3) is 0 Å². The maximum atomic E-state index is 13.7. The molecule has 0 unspecified atom stereocenters. The number of hydrogen-bond acceptors (Lipinski definition) is 3. The molecule has 0 radical (unpaired) electrons. The quantitative estimate of drug-likeness (QED) is 0.728. The summed E-state index contributed by atoms with van der Waals surface area (Å²) < 4.78 is 25.8. The van der Waals surface area contributed by atoms with E-state index < -0.39 is 0 Å². The summed E-state index contributed by atoms with van der Waals surface area (Å²) in [5.74, 6) is -0.165. The van der Waals surface area contributed by atoms with E-state index in [4.69, 9.17) is 9.47 Å². The number of nitrogens with zero attached hydrogens (tertiary/aromatic N) is 1. The molecular formula is C24H30FNO2. The Kier molecular flexibility index (Phi) is 5.30. The van der Waals surface area contributed by atoms with Gasteiger partial charge in [-0.3, -0.25) is 4.90 Å². The molecule has 2 aromatic carbocycles. The first-order valence-electron chi connectivity index (χ1n) is 10.2. The predicted octanol–water partition coefficient (Wildman–Crippen LogP) is 5.16. The van der Waals surface area contributed by atoms with E-state index in [9.17, 15) is 4.39 Å². The summed E-state index contributed by atoms with van der Waals surface area (Å²) in [4.78, 5) is 2.46.